The largest absolute Gasteiger partial charge is 0.496 e. The Labute approximate surface area is 230 Å². The Hall–Kier alpha value is -3.34. The molecule has 2 aliphatic heterocycles. The van der Waals surface area contributed by atoms with E-state index in [2.05, 4.69) is 57.8 Å². The smallest absolute Gasteiger partial charge is 0.251 e. The van der Waals surface area contributed by atoms with Crippen LogP contribution >= 0.6 is 0 Å². The zero-order valence-corrected chi connectivity index (χ0v) is 23.1. The number of nitriles is 1. The molecule has 2 aromatic carbocycles. The number of aryl methyl sites for hydroxylation is 1. The summed E-state index contributed by atoms with van der Waals surface area (Å²) in [5.74, 6) is 1.80. The zero-order chi connectivity index (χ0) is 27.0. The van der Waals surface area contributed by atoms with Crippen molar-refractivity contribution in [3.8, 4) is 11.8 Å². The van der Waals surface area contributed by atoms with E-state index in [1.807, 2.05) is 18.3 Å². The van der Waals surface area contributed by atoms with Gasteiger partial charge in [-0.25, -0.2) is 0 Å². The van der Waals surface area contributed by atoms with Crippen LogP contribution < -0.4 is 15.4 Å². The number of benzene rings is 2. The van der Waals surface area contributed by atoms with Crippen LogP contribution in [0.4, 0.5) is 0 Å². The molecule has 1 atom stereocenters. The van der Waals surface area contributed by atoms with Gasteiger partial charge in [0.1, 0.15) is 5.75 Å². The first kappa shape index (κ1) is 25.9. The number of nitrogens with zero attached hydrogens (tertiary/aromatic N) is 2. The standard InChI is InChI=1S/C32H39N5O2/c1-21-13-29(39-2)27(26-8-11-35-30(21)26)20-37-12-9-32(14-23(15-32)17-33)16-28(37)24-3-5-25(6-4-24)31(38)36-10-7-22-18-34-19-22/h3-6,8,11,13,22-23,28,34-35H,7,9-10,12,14-16,18-20H2,1-2H3,(H,36,38)/t23?,28-,32?/m0/s1. The number of ether oxygens (including phenoxy) is 1. The SMILES string of the molecule is COc1cc(C)c2[nH]ccc2c1CN1CCC2(CC(C#N)C2)C[C@H]1c1ccc(C(=O)NCCC2CNC2)cc1. The zero-order valence-electron chi connectivity index (χ0n) is 23.1. The number of methoxy groups -OCH3 is 1. The first-order chi connectivity index (χ1) is 19.0. The van der Waals surface area contributed by atoms with E-state index in [0.717, 1.165) is 76.1 Å². The molecule has 3 N–H and O–H groups in total. The highest BCUT2D eigenvalue weighted by Crippen LogP contribution is 2.56. The van der Waals surface area contributed by atoms with E-state index >= 15 is 0 Å². The van der Waals surface area contributed by atoms with Crippen LogP contribution in [0.25, 0.3) is 10.9 Å². The van der Waals surface area contributed by atoms with E-state index in [1.165, 1.54) is 22.1 Å². The summed E-state index contributed by atoms with van der Waals surface area (Å²) in [4.78, 5) is 18.7. The first-order valence-electron chi connectivity index (χ1n) is 14.3. The Morgan fingerprint density at radius 1 is 1.21 bits per heavy atom. The Balaban J connectivity index is 1.23. The molecule has 6 rings (SSSR count). The van der Waals surface area contributed by atoms with Gasteiger partial charge in [0.15, 0.2) is 0 Å². The third kappa shape index (κ3) is 5.04. The van der Waals surface area contributed by atoms with Gasteiger partial charge in [-0.2, -0.15) is 5.26 Å². The van der Waals surface area contributed by atoms with Crippen molar-refractivity contribution in [1.82, 2.24) is 20.5 Å². The van der Waals surface area contributed by atoms with Gasteiger partial charge >= 0.3 is 0 Å². The van der Waals surface area contributed by atoms with Gasteiger partial charge in [-0.05, 0) is 105 Å². The highest BCUT2D eigenvalue weighted by atomic mass is 16.5. The molecule has 0 bridgehead atoms. The van der Waals surface area contributed by atoms with Crippen LogP contribution in [0.5, 0.6) is 5.75 Å². The van der Waals surface area contributed by atoms with E-state index < -0.39 is 0 Å². The maximum absolute atomic E-state index is 12.8. The topological polar surface area (TPSA) is 93.2 Å². The predicted octanol–water partition coefficient (Wildman–Crippen LogP) is 5.08. The summed E-state index contributed by atoms with van der Waals surface area (Å²) in [5, 5.41) is 17.0. The summed E-state index contributed by atoms with van der Waals surface area (Å²) in [5.41, 5.74) is 5.75. The van der Waals surface area contributed by atoms with Gasteiger partial charge in [-0.15, -0.1) is 0 Å². The molecule has 1 spiro atoms. The van der Waals surface area contributed by atoms with Crippen LogP contribution in [0, 0.1) is 35.5 Å². The molecular formula is C32H39N5O2. The number of aromatic nitrogens is 1. The molecule has 39 heavy (non-hydrogen) atoms. The molecule has 204 valence electrons. The molecule has 3 aromatic rings. The molecule has 1 aromatic heterocycles. The Morgan fingerprint density at radius 2 is 2.00 bits per heavy atom. The van der Waals surface area contributed by atoms with Gasteiger partial charge in [-0.3, -0.25) is 9.69 Å². The molecule has 7 nitrogen and oxygen atoms in total. The van der Waals surface area contributed by atoms with E-state index in [1.54, 1.807) is 7.11 Å². The van der Waals surface area contributed by atoms with E-state index in [-0.39, 0.29) is 23.3 Å². The molecule has 0 unspecified atom stereocenters. The Bertz CT molecular complexity index is 1380. The van der Waals surface area contributed by atoms with Crippen molar-refractivity contribution in [2.75, 3.05) is 33.3 Å². The number of rotatable bonds is 8. The number of piperidine rings is 1. The molecule has 2 saturated heterocycles. The fraction of sp³-hybridized carbons (Fsp3) is 0.500. The van der Waals surface area contributed by atoms with Crippen LogP contribution in [0.1, 0.15) is 65.2 Å². The first-order valence-corrected chi connectivity index (χ1v) is 14.3. The van der Waals surface area contributed by atoms with E-state index in [9.17, 15) is 10.1 Å². The van der Waals surface area contributed by atoms with Gasteiger partial charge in [0.25, 0.3) is 5.91 Å². The summed E-state index contributed by atoms with van der Waals surface area (Å²) in [7, 11) is 1.75. The van der Waals surface area contributed by atoms with Crippen molar-refractivity contribution >= 4 is 16.8 Å². The molecule has 1 amide bonds. The van der Waals surface area contributed by atoms with E-state index in [0.29, 0.717) is 11.5 Å². The lowest BCUT2D eigenvalue weighted by molar-refractivity contribution is -0.0298. The summed E-state index contributed by atoms with van der Waals surface area (Å²) < 4.78 is 5.86. The van der Waals surface area contributed by atoms with Crippen molar-refractivity contribution < 1.29 is 9.53 Å². The van der Waals surface area contributed by atoms with Gasteiger partial charge in [0.2, 0.25) is 0 Å². The summed E-state index contributed by atoms with van der Waals surface area (Å²) >= 11 is 0. The van der Waals surface area contributed by atoms with Gasteiger partial charge in [0.05, 0.1) is 13.2 Å². The number of H-pyrrole nitrogens is 1. The number of aromatic amines is 1. The molecule has 7 heteroatoms. The highest BCUT2D eigenvalue weighted by Gasteiger charge is 2.49. The minimum atomic E-state index is 0.000833. The normalized spacial score (nSPS) is 25.2. The highest BCUT2D eigenvalue weighted by molar-refractivity contribution is 5.94. The van der Waals surface area contributed by atoms with Crippen LogP contribution in [0.15, 0.2) is 42.6 Å². The second-order valence-electron chi connectivity index (χ2n) is 12.0. The molecule has 3 heterocycles. The minimum Gasteiger partial charge on any atom is -0.496 e. The molecule has 0 radical (unpaired) electrons. The molecule has 1 saturated carbocycles. The number of amides is 1. The maximum Gasteiger partial charge on any atom is 0.251 e. The van der Waals surface area contributed by atoms with Gasteiger partial charge < -0.3 is 20.4 Å². The lowest BCUT2D eigenvalue weighted by Crippen LogP contribution is -2.48. The predicted molar refractivity (Wildman–Crippen MR) is 152 cm³/mol. The molecule has 1 aliphatic carbocycles. The fourth-order valence-corrected chi connectivity index (χ4v) is 7.03. The molecule has 3 aliphatic rings. The van der Waals surface area contributed by atoms with E-state index in [4.69, 9.17) is 4.74 Å². The molecule has 3 fully saturated rings. The number of carbonyl (C=O) groups is 1. The second-order valence-corrected chi connectivity index (χ2v) is 12.0. The van der Waals surface area contributed by atoms with Crippen molar-refractivity contribution in [3.63, 3.8) is 0 Å². The second kappa shape index (κ2) is 10.7. The van der Waals surface area contributed by atoms with Crippen molar-refractivity contribution in [2.24, 2.45) is 17.3 Å². The summed E-state index contributed by atoms with van der Waals surface area (Å²) in [6.07, 6.45) is 7.18. The molecular weight excluding hydrogens is 486 g/mol. The van der Waals surface area contributed by atoms with Gasteiger partial charge in [0, 0.05) is 53.3 Å². The van der Waals surface area contributed by atoms with Crippen LogP contribution in [-0.2, 0) is 6.54 Å². The number of hydrogen-bond acceptors (Lipinski definition) is 5. The lowest BCUT2D eigenvalue weighted by atomic mass is 9.56. The number of carbonyl (C=O) groups excluding carboxylic acids is 1. The number of likely N-dealkylation sites (tertiary alicyclic amines) is 1. The minimum absolute atomic E-state index is 0.000833. The van der Waals surface area contributed by atoms with Crippen molar-refractivity contribution in [1.29, 1.82) is 5.26 Å². The third-order valence-electron chi connectivity index (χ3n) is 9.49. The van der Waals surface area contributed by atoms with Crippen LogP contribution in [-0.4, -0.2) is 49.1 Å². The number of fused-ring (bicyclic) bond motifs is 1. The van der Waals surface area contributed by atoms with Crippen LogP contribution in [0.3, 0.4) is 0 Å². The summed E-state index contributed by atoms with van der Waals surface area (Å²) in [6.45, 7) is 6.72. The lowest BCUT2D eigenvalue weighted by Gasteiger charge is -2.53. The Kier molecular flexibility index (Phi) is 7.09. The average Bonchev–Trinajstić information content (AvgIpc) is 3.41. The average molecular weight is 526 g/mol. The fourth-order valence-electron chi connectivity index (χ4n) is 7.03. The summed E-state index contributed by atoms with van der Waals surface area (Å²) in [6, 6.07) is 15.2. The van der Waals surface area contributed by atoms with Crippen molar-refractivity contribution in [3.05, 3.63) is 64.8 Å². The maximum atomic E-state index is 12.8. The monoisotopic (exact) mass is 525 g/mol. The third-order valence-corrected chi connectivity index (χ3v) is 9.49. The Morgan fingerprint density at radius 3 is 2.69 bits per heavy atom. The van der Waals surface area contributed by atoms with Crippen molar-refractivity contribution in [2.45, 2.75) is 51.6 Å². The number of nitrogens with one attached hydrogen (secondary N) is 3. The number of hydrogen-bond donors (Lipinski definition) is 3. The van der Waals surface area contributed by atoms with Crippen LogP contribution in [0.2, 0.25) is 0 Å². The quantitative estimate of drug-likeness (QED) is 0.381. The van der Waals surface area contributed by atoms with Gasteiger partial charge in [-0.1, -0.05) is 12.1 Å².